The van der Waals surface area contributed by atoms with E-state index in [-0.39, 0.29) is 0 Å². The highest BCUT2D eigenvalue weighted by Crippen LogP contribution is 2.27. The summed E-state index contributed by atoms with van der Waals surface area (Å²) in [6.45, 7) is 2.03. The van der Waals surface area contributed by atoms with Gasteiger partial charge in [0.2, 0.25) is 0 Å². The van der Waals surface area contributed by atoms with Gasteiger partial charge in [-0.3, -0.25) is 0 Å². The van der Waals surface area contributed by atoms with E-state index >= 15 is 0 Å². The lowest BCUT2D eigenvalue weighted by Crippen LogP contribution is -1.95. The molecule has 0 fully saturated rings. The number of rotatable bonds is 3. The van der Waals surface area contributed by atoms with Gasteiger partial charge < -0.3 is 4.74 Å². The summed E-state index contributed by atoms with van der Waals surface area (Å²) in [5.74, 6) is 1.60. The number of aromatic nitrogens is 3. The number of aryl methyl sites for hydroxylation is 1. The second-order valence-electron chi connectivity index (χ2n) is 5.34. The van der Waals surface area contributed by atoms with Gasteiger partial charge in [0.15, 0.2) is 5.65 Å². The normalized spacial score (nSPS) is 10.8. The van der Waals surface area contributed by atoms with Crippen LogP contribution in [0.3, 0.4) is 0 Å². The fourth-order valence-electron chi connectivity index (χ4n) is 2.56. The van der Waals surface area contributed by atoms with Gasteiger partial charge in [0, 0.05) is 11.8 Å². The fourth-order valence-corrected chi connectivity index (χ4v) is 2.56. The van der Waals surface area contributed by atoms with Crippen LogP contribution in [0.15, 0.2) is 73.1 Å². The minimum absolute atomic E-state index is 0.788. The number of imidazole rings is 1. The predicted octanol–water partition coefficient (Wildman–Crippen LogP) is 4.50. The number of hydrogen-bond donors (Lipinski definition) is 0. The maximum absolute atomic E-state index is 5.90. The first kappa shape index (κ1) is 13.5. The molecular weight excluding hydrogens is 286 g/mol. The average molecular weight is 301 g/mol. The van der Waals surface area contributed by atoms with Crippen LogP contribution in [0.5, 0.6) is 11.5 Å². The lowest BCUT2D eigenvalue weighted by molar-refractivity contribution is 0.483. The first-order valence-electron chi connectivity index (χ1n) is 7.44. The van der Waals surface area contributed by atoms with Crippen molar-refractivity contribution in [1.29, 1.82) is 0 Å². The molecule has 0 saturated carbocycles. The minimum Gasteiger partial charge on any atom is -0.457 e. The Morgan fingerprint density at radius 2 is 1.74 bits per heavy atom. The molecular formula is C19H15N3O. The van der Waals surface area contributed by atoms with Crippen LogP contribution in [0.2, 0.25) is 0 Å². The van der Waals surface area contributed by atoms with Crippen LogP contribution >= 0.6 is 0 Å². The Kier molecular flexibility index (Phi) is 3.27. The molecule has 4 aromatic rings. The number of para-hydroxylation sites is 1. The van der Waals surface area contributed by atoms with Gasteiger partial charge in [-0.25, -0.2) is 9.50 Å². The molecule has 2 heterocycles. The predicted molar refractivity (Wildman–Crippen MR) is 89.7 cm³/mol. The summed E-state index contributed by atoms with van der Waals surface area (Å²) in [6.07, 6.45) is 3.63. The molecule has 0 saturated heterocycles. The largest absolute Gasteiger partial charge is 0.457 e. The molecule has 0 amide bonds. The third-order valence-electron chi connectivity index (χ3n) is 3.71. The Hall–Kier alpha value is -3.14. The minimum atomic E-state index is 0.788. The van der Waals surface area contributed by atoms with Crippen molar-refractivity contribution in [1.82, 2.24) is 14.6 Å². The van der Waals surface area contributed by atoms with Gasteiger partial charge in [0.05, 0.1) is 11.9 Å². The van der Waals surface area contributed by atoms with Crippen molar-refractivity contribution in [2.45, 2.75) is 6.92 Å². The van der Waals surface area contributed by atoms with Crippen LogP contribution in [-0.2, 0) is 0 Å². The molecule has 23 heavy (non-hydrogen) atoms. The van der Waals surface area contributed by atoms with E-state index in [0.29, 0.717) is 0 Å². The zero-order valence-electron chi connectivity index (χ0n) is 12.7. The molecule has 0 bridgehead atoms. The molecule has 2 aromatic heterocycles. The van der Waals surface area contributed by atoms with Crippen LogP contribution in [0.1, 0.15) is 5.56 Å². The second kappa shape index (κ2) is 5.57. The molecule has 0 N–H and O–H groups in total. The third-order valence-corrected chi connectivity index (χ3v) is 3.71. The van der Waals surface area contributed by atoms with Crippen molar-refractivity contribution >= 4 is 5.65 Å². The Bertz CT molecular complexity index is 961. The van der Waals surface area contributed by atoms with Crippen molar-refractivity contribution in [3.8, 4) is 22.8 Å². The highest BCUT2D eigenvalue weighted by atomic mass is 16.5. The molecule has 0 unspecified atom stereocenters. The van der Waals surface area contributed by atoms with E-state index in [0.717, 1.165) is 34.0 Å². The van der Waals surface area contributed by atoms with Crippen molar-refractivity contribution in [2.75, 3.05) is 0 Å². The van der Waals surface area contributed by atoms with Gasteiger partial charge in [-0.2, -0.15) is 5.10 Å². The average Bonchev–Trinajstić information content (AvgIpc) is 3.02. The molecule has 0 aliphatic carbocycles. The van der Waals surface area contributed by atoms with Crippen molar-refractivity contribution < 1.29 is 4.74 Å². The van der Waals surface area contributed by atoms with Gasteiger partial charge >= 0.3 is 0 Å². The van der Waals surface area contributed by atoms with Crippen LogP contribution in [-0.4, -0.2) is 14.6 Å². The molecule has 4 nitrogen and oxygen atoms in total. The van der Waals surface area contributed by atoms with E-state index in [2.05, 4.69) is 10.1 Å². The summed E-state index contributed by atoms with van der Waals surface area (Å²) in [5, 5.41) is 4.41. The maximum atomic E-state index is 5.90. The van der Waals surface area contributed by atoms with Crippen LogP contribution in [0.4, 0.5) is 0 Å². The van der Waals surface area contributed by atoms with Crippen molar-refractivity contribution in [2.24, 2.45) is 0 Å². The molecule has 2 aromatic carbocycles. The monoisotopic (exact) mass is 301 g/mol. The van der Waals surface area contributed by atoms with Gasteiger partial charge in [-0.15, -0.1) is 0 Å². The summed E-state index contributed by atoms with van der Waals surface area (Å²) in [4.78, 5) is 4.47. The van der Waals surface area contributed by atoms with Crippen LogP contribution < -0.4 is 4.74 Å². The summed E-state index contributed by atoms with van der Waals surface area (Å²) in [7, 11) is 0. The van der Waals surface area contributed by atoms with E-state index in [1.807, 2.05) is 78.3 Å². The number of fused-ring (bicyclic) bond motifs is 1. The quantitative estimate of drug-likeness (QED) is 0.559. The smallest absolute Gasteiger partial charge is 0.157 e. The van der Waals surface area contributed by atoms with E-state index in [1.54, 1.807) is 6.20 Å². The zero-order chi connectivity index (χ0) is 15.6. The molecule has 0 spiro atoms. The molecule has 0 radical (unpaired) electrons. The lowest BCUT2D eigenvalue weighted by atomic mass is 10.1. The highest BCUT2D eigenvalue weighted by Gasteiger charge is 2.09. The van der Waals surface area contributed by atoms with E-state index in [4.69, 9.17) is 4.74 Å². The van der Waals surface area contributed by atoms with Crippen LogP contribution in [0.25, 0.3) is 16.9 Å². The Morgan fingerprint density at radius 3 is 2.61 bits per heavy atom. The van der Waals surface area contributed by atoms with Gasteiger partial charge in [-0.05, 0) is 42.8 Å². The summed E-state index contributed by atoms with van der Waals surface area (Å²) in [5.41, 5.74) is 3.94. The van der Waals surface area contributed by atoms with Gasteiger partial charge in [0.1, 0.15) is 11.5 Å². The molecule has 0 aliphatic rings. The van der Waals surface area contributed by atoms with E-state index in [9.17, 15) is 0 Å². The van der Waals surface area contributed by atoms with E-state index in [1.165, 1.54) is 0 Å². The zero-order valence-corrected chi connectivity index (χ0v) is 12.7. The first-order valence-corrected chi connectivity index (χ1v) is 7.44. The molecule has 0 aliphatic heterocycles. The Morgan fingerprint density at radius 1 is 0.913 bits per heavy atom. The topological polar surface area (TPSA) is 39.4 Å². The van der Waals surface area contributed by atoms with Crippen molar-refractivity contribution in [3.63, 3.8) is 0 Å². The lowest BCUT2D eigenvalue weighted by Gasteiger charge is -2.07. The van der Waals surface area contributed by atoms with Gasteiger partial charge in [-0.1, -0.05) is 30.3 Å². The number of ether oxygens (including phenoxy) is 1. The molecule has 4 rings (SSSR count). The van der Waals surface area contributed by atoms with Crippen molar-refractivity contribution in [3.05, 3.63) is 78.6 Å². The second-order valence-corrected chi connectivity index (χ2v) is 5.34. The number of hydrogen-bond acceptors (Lipinski definition) is 3. The van der Waals surface area contributed by atoms with E-state index < -0.39 is 0 Å². The summed E-state index contributed by atoms with van der Waals surface area (Å²) in [6, 6.07) is 19.7. The van der Waals surface area contributed by atoms with Gasteiger partial charge in [0.25, 0.3) is 0 Å². The fraction of sp³-hybridized carbons (Fsp3) is 0.0526. The number of nitrogens with zero attached hydrogens (tertiary/aromatic N) is 3. The first-order chi connectivity index (χ1) is 11.3. The Labute approximate surface area is 134 Å². The standard InChI is InChI=1S/C19H15N3O/c1-14-10-11-21-22-18(13-20-19(14)22)15-6-5-9-17(12-15)23-16-7-3-2-4-8-16/h2-13H,1H3. The number of benzene rings is 2. The molecule has 112 valence electrons. The highest BCUT2D eigenvalue weighted by molar-refractivity contribution is 5.65. The summed E-state index contributed by atoms with van der Waals surface area (Å²) < 4.78 is 7.76. The Balaban J connectivity index is 1.74. The SMILES string of the molecule is Cc1ccnn2c(-c3cccc(Oc4ccccc4)c3)cnc12. The third kappa shape index (κ3) is 2.55. The maximum Gasteiger partial charge on any atom is 0.157 e. The summed E-state index contributed by atoms with van der Waals surface area (Å²) >= 11 is 0. The van der Waals surface area contributed by atoms with Crippen LogP contribution in [0, 0.1) is 6.92 Å². The molecule has 0 atom stereocenters. The molecule has 4 heteroatoms.